The number of rotatable bonds is 3. The van der Waals surface area contributed by atoms with E-state index in [1.54, 1.807) is 17.6 Å². The van der Waals surface area contributed by atoms with Crippen molar-refractivity contribution < 1.29 is 4.74 Å². The third kappa shape index (κ3) is 3.15. The van der Waals surface area contributed by atoms with Crippen LogP contribution in [0.25, 0.3) is 10.2 Å². The molecule has 3 heterocycles. The zero-order valence-corrected chi connectivity index (χ0v) is 15.6. The Morgan fingerprint density at radius 2 is 1.92 bits per heavy atom. The fourth-order valence-corrected chi connectivity index (χ4v) is 4.02. The van der Waals surface area contributed by atoms with Gasteiger partial charge >= 0.3 is 0 Å². The minimum atomic E-state index is -0.127. The van der Waals surface area contributed by atoms with Crippen molar-refractivity contribution in [3.63, 3.8) is 0 Å². The molecule has 1 aromatic carbocycles. The lowest BCUT2D eigenvalue weighted by atomic mass is 10.2. The molecule has 3 aromatic rings. The molecule has 26 heavy (non-hydrogen) atoms. The molecule has 0 aliphatic carbocycles. The maximum absolute atomic E-state index is 12.6. The summed E-state index contributed by atoms with van der Waals surface area (Å²) in [5, 5.41) is 4.97. The first-order valence-electron chi connectivity index (χ1n) is 8.58. The number of thiophene rings is 1. The van der Waals surface area contributed by atoms with Crippen molar-refractivity contribution >= 4 is 33.5 Å². The first-order chi connectivity index (χ1) is 12.6. The molecule has 1 fully saturated rings. The number of nitrogens with zero attached hydrogens (tertiary/aromatic N) is 4. The molecular formula is C19H20N4O2S. The van der Waals surface area contributed by atoms with Gasteiger partial charge in [-0.15, -0.1) is 11.3 Å². The van der Waals surface area contributed by atoms with Gasteiger partial charge in [-0.25, -0.2) is 4.98 Å². The summed E-state index contributed by atoms with van der Waals surface area (Å²) in [6.45, 7) is 7.31. The predicted octanol–water partition coefficient (Wildman–Crippen LogP) is 2.79. The first kappa shape index (κ1) is 16.9. The number of fused-ring (bicyclic) bond motifs is 1. The van der Waals surface area contributed by atoms with Crippen LogP contribution in [0, 0.1) is 13.8 Å². The van der Waals surface area contributed by atoms with E-state index < -0.39 is 0 Å². The van der Waals surface area contributed by atoms with E-state index in [2.05, 4.69) is 27.1 Å². The third-order valence-corrected chi connectivity index (χ3v) is 5.79. The number of aromatic nitrogens is 2. The average molecular weight is 368 g/mol. The number of ether oxygens (including phenoxy) is 1. The third-order valence-electron chi connectivity index (χ3n) is 4.67. The fourth-order valence-electron chi connectivity index (χ4n) is 3.03. The molecular weight excluding hydrogens is 348 g/mol. The van der Waals surface area contributed by atoms with Crippen LogP contribution in [0.2, 0.25) is 0 Å². The highest BCUT2D eigenvalue weighted by Crippen LogP contribution is 2.25. The molecule has 0 unspecified atom stereocenters. The van der Waals surface area contributed by atoms with Crippen molar-refractivity contribution in [3.8, 4) is 0 Å². The molecule has 1 saturated heterocycles. The van der Waals surface area contributed by atoms with Crippen molar-refractivity contribution in [1.82, 2.24) is 9.66 Å². The van der Waals surface area contributed by atoms with Gasteiger partial charge in [-0.3, -0.25) is 4.79 Å². The van der Waals surface area contributed by atoms with Gasteiger partial charge in [0.25, 0.3) is 5.56 Å². The SMILES string of the molecule is Cc1sc2ncn(N=Cc3ccc(N4CCOCC4)cc3)c(=O)c2c1C. The highest BCUT2D eigenvalue weighted by Gasteiger charge is 2.12. The van der Waals surface area contributed by atoms with Crippen LogP contribution < -0.4 is 10.5 Å². The molecule has 7 heteroatoms. The number of aryl methyl sites for hydroxylation is 2. The summed E-state index contributed by atoms with van der Waals surface area (Å²) in [4.78, 5) is 21.2. The predicted molar refractivity (Wildman–Crippen MR) is 106 cm³/mol. The normalized spacial score (nSPS) is 15.2. The van der Waals surface area contributed by atoms with Crippen molar-refractivity contribution in [2.45, 2.75) is 13.8 Å². The van der Waals surface area contributed by atoms with E-state index in [0.29, 0.717) is 5.39 Å². The molecule has 2 aromatic heterocycles. The maximum Gasteiger partial charge on any atom is 0.282 e. The van der Waals surface area contributed by atoms with Gasteiger partial charge in [-0.05, 0) is 37.1 Å². The van der Waals surface area contributed by atoms with Gasteiger partial charge in [0.2, 0.25) is 0 Å². The second-order valence-electron chi connectivity index (χ2n) is 6.29. The van der Waals surface area contributed by atoms with Crippen LogP contribution in [-0.4, -0.2) is 42.2 Å². The first-order valence-corrected chi connectivity index (χ1v) is 9.39. The van der Waals surface area contributed by atoms with Crippen LogP contribution in [0.5, 0.6) is 0 Å². The molecule has 0 bridgehead atoms. The molecule has 134 valence electrons. The van der Waals surface area contributed by atoms with Gasteiger partial charge < -0.3 is 9.64 Å². The number of morpholine rings is 1. The standard InChI is InChI=1S/C19H20N4O2S/c1-13-14(2)26-18-17(13)19(24)23(12-20-18)21-11-15-3-5-16(6-4-15)22-7-9-25-10-8-22/h3-6,11-12H,7-10H2,1-2H3. The van der Waals surface area contributed by atoms with Crippen molar-refractivity contribution in [3.05, 3.63) is 57.0 Å². The van der Waals surface area contributed by atoms with Crippen LogP contribution in [0.4, 0.5) is 5.69 Å². The minimum Gasteiger partial charge on any atom is -0.378 e. The highest BCUT2D eigenvalue weighted by atomic mass is 32.1. The number of hydrogen-bond acceptors (Lipinski definition) is 6. The monoisotopic (exact) mass is 368 g/mol. The molecule has 4 rings (SSSR count). The summed E-state index contributed by atoms with van der Waals surface area (Å²) in [5.41, 5.74) is 2.97. The molecule has 0 radical (unpaired) electrons. The summed E-state index contributed by atoms with van der Waals surface area (Å²) < 4.78 is 6.69. The van der Waals surface area contributed by atoms with Gasteiger partial charge in [0.1, 0.15) is 11.2 Å². The molecule has 6 nitrogen and oxygen atoms in total. The van der Waals surface area contributed by atoms with Gasteiger partial charge in [-0.1, -0.05) is 12.1 Å². The molecule has 0 amide bonds. The second kappa shape index (κ2) is 7.01. The Kier molecular flexibility index (Phi) is 4.57. The Hall–Kier alpha value is -2.51. The van der Waals surface area contributed by atoms with Crippen LogP contribution >= 0.6 is 11.3 Å². The van der Waals surface area contributed by atoms with Crippen molar-refractivity contribution in [2.24, 2.45) is 5.10 Å². The molecule has 1 aliphatic rings. The summed E-state index contributed by atoms with van der Waals surface area (Å²) in [5.74, 6) is 0. The zero-order chi connectivity index (χ0) is 18.1. The molecule has 0 N–H and O–H groups in total. The van der Waals surface area contributed by atoms with Gasteiger partial charge in [0.15, 0.2) is 0 Å². The zero-order valence-electron chi connectivity index (χ0n) is 14.8. The highest BCUT2D eigenvalue weighted by molar-refractivity contribution is 7.18. The summed E-state index contributed by atoms with van der Waals surface area (Å²) in [6, 6.07) is 8.16. The molecule has 1 aliphatic heterocycles. The summed E-state index contributed by atoms with van der Waals surface area (Å²) in [7, 11) is 0. The van der Waals surface area contributed by atoms with E-state index in [9.17, 15) is 4.79 Å². The number of hydrogen-bond donors (Lipinski definition) is 0. The van der Waals surface area contributed by atoms with E-state index in [1.807, 2.05) is 26.0 Å². The maximum atomic E-state index is 12.6. The number of anilines is 1. The van der Waals surface area contributed by atoms with E-state index in [4.69, 9.17) is 4.74 Å². The van der Waals surface area contributed by atoms with Gasteiger partial charge in [0, 0.05) is 23.7 Å². The Bertz CT molecular complexity index is 1010. The molecule has 0 atom stereocenters. The molecule has 0 spiro atoms. The number of benzene rings is 1. The lowest BCUT2D eigenvalue weighted by Gasteiger charge is -2.28. The lowest BCUT2D eigenvalue weighted by Crippen LogP contribution is -2.36. The quantitative estimate of drug-likeness (QED) is 0.667. The van der Waals surface area contributed by atoms with Crippen molar-refractivity contribution in [1.29, 1.82) is 0 Å². The Morgan fingerprint density at radius 3 is 2.65 bits per heavy atom. The Labute approximate surface area is 155 Å². The molecule has 0 saturated carbocycles. The smallest absolute Gasteiger partial charge is 0.282 e. The largest absolute Gasteiger partial charge is 0.378 e. The lowest BCUT2D eigenvalue weighted by molar-refractivity contribution is 0.122. The van der Waals surface area contributed by atoms with E-state index >= 15 is 0 Å². The second-order valence-corrected chi connectivity index (χ2v) is 7.50. The van der Waals surface area contributed by atoms with Crippen LogP contribution in [0.3, 0.4) is 0 Å². The topological polar surface area (TPSA) is 59.7 Å². The van der Waals surface area contributed by atoms with E-state index in [-0.39, 0.29) is 5.56 Å². The van der Waals surface area contributed by atoms with Gasteiger partial charge in [-0.2, -0.15) is 9.78 Å². The van der Waals surface area contributed by atoms with E-state index in [1.165, 1.54) is 16.7 Å². The average Bonchev–Trinajstić information content (AvgIpc) is 2.97. The Morgan fingerprint density at radius 1 is 1.19 bits per heavy atom. The van der Waals surface area contributed by atoms with Crippen LogP contribution in [0.1, 0.15) is 16.0 Å². The van der Waals surface area contributed by atoms with Gasteiger partial charge in [0.05, 0.1) is 24.8 Å². The summed E-state index contributed by atoms with van der Waals surface area (Å²) >= 11 is 1.54. The fraction of sp³-hybridized carbons (Fsp3) is 0.316. The Balaban J connectivity index is 1.58. The van der Waals surface area contributed by atoms with Crippen LogP contribution in [-0.2, 0) is 4.74 Å². The minimum absolute atomic E-state index is 0.127. The summed E-state index contributed by atoms with van der Waals surface area (Å²) in [6.07, 6.45) is 3.17. The van der Waals surface area contributed by atoms with Crippen LogP contribution in [0.15, 0.2) is 40.5 Å². The van der Waals surface area contributed by atoms with E-state index in [0.717, 1.165) is 47.1 Å². The van der Waals surface area contributed by atoms with Crippen molar-refractivity contribution in [2.75, 3.05) is 31.2 Å².